The summed E-state index contributed by atoms with van der Waals surface area (Å²) in [6.07, 6.45) is 0.0792. The summed E-state index contributed by atoms with van der Waals surface area (Å²) in [4.78, 5) is 10.5. The first kappa shape index (κ1) is 11.0. The van der Waals surface area contributed by atoms with E-state index in [-0.39, 0.29) is 12.1 Å². The van der Waals surface area contributed by atoms with Crippen LogP contribution in [0.15, 0.2) is 29.4 Å². The first-order valence-corrected chi connectivity index (χ1v) is 4.24. The van der Waals surface area contributed by atoms with Gasteiger partial charge in [-0.25, -0.2) is 4.79 Å². The number of aliphatic carboxylic acids is 1. The number of hydrogen-bond donors (Lipinski definition) is 2. The minimum Gasteiger partial charge on any atom is -0.497 e. The van der Waals surface area contributed by atoms with Gasteiger partial charge in [-0.3, -0.25) is 0 Å². The number of benzene rings is 1. The van der Waals surface area contributed by atoms with Gasteiger partial charge in [0, 0.05) is 6.42 Å². The molecule has 5 heteroatoms. The van der Waals surface area contributed by atoms with E-state index >= 15 is 0 Å². The largest absolute Gasteiger partial charge is 0.497 e. The Labute approximate surface area is 86.6 Å². The molecular formula is C10H11NO4. The lowest BCUT2D eigenvalue weighted by molar-refractivity contribution is -0.129. The number of ether oxygens (including phenoxy) is 1. The predicted molar refractivity (Wildman–Crippen MR) is 53.6 cm³/mol. The molecule has 1 rings (SSSR count). The van der Waals surface area contributed by atoms with Gasteiger partial charge in [-0.2, -0.15) is 0 Å². The number of carboxylic acids is 1. The number of rotatable bonds is 4. The molecule has 1 aromatic rings. The summed E-state index contributed by atoms with van der Waals surface area (Å²) in [7, 11) is 1.55. The van der Waals surface area contributed by atoms with E-state index in [4.69, 9.17) is 15.1 Å². The van der Waals surface area contributed by atoms with Crippen molar-refractivity contribution in [3.8, 4) is 5.75 Å². The van der Waals surface area contributed by atoms with Gasteiger partial charge < -0.3 is 15.1 Å². The molecule has 0 unspecified atom stereocenters. The Balaban J connectivity index is 2.76. The van der Waals surface area contributed by atoms with Gasteiger partial charge in [0.05, 0.1) is 7.11 Å². The molecule has 1 aromatic carbocycles. The van der Waals surface area contributed by atoms with Crippen LogP contribution in [0.2, 0.25) is 0 Å². The topological polar surface area (TPSA) is 79.1 Å². The maximum atomic E-state index is 10.5. The SMILES string of the molecule is COc1ccc(C/C(=N\O)C(=O)O)cc1. The Morgan fingerprint density at radius 3 is 2.40 bits per heavy atom. The second-order valence-corrected chi connectivity index (χ2v) is 2.88. The summed E-state index contributed by atoms with van der Waals surface area (Å²) in [5.74, 6) is -0.537. The second-order valence-electron chi connectivity index (χ2n) is 2.88. The van der Waals surface area contributed by atoms with Gasteiger partial charge in [0.15, 0.2) is 5.71 Å². The van der Waals surface area contributed by atoms with Gasteiger partial charge in [0.1, 0.15) is 5.75 Å². The van der Waals surface area contributed by atoms with Crippen LogP contribution in [-0.4, -0.2) is 29.1 Å². The quantitative estimate of drug-likeness (QED) is 0.443. The molecule has 0 aliphatic carbocycles. The van der Waals surface area contributed by atoms with Crippen LogP contribution in [0.25, 0.3) is 0 Å². The lowest BCUT2D eigenvalue weighted by Crippen LogP contribution is -2.15. The van der Waals surface area contributed by atoms with Gasteiger partial charge in [-0.1, -0.05) is 17.3 Å². The lowest BCUT2D eigenvalue weighted by atomic mass is 10.1. The van der Waals surface area contributed by atoms with Crippen molar-refractivity contribution in [1.29, 1.82) is 0 Å². The Bertz CT molecular complexity index is 370. The van der Waals surface area contributed by atoms with Gasteiger partial charge >= 0.3 is 5.97 Å². The number of nitrogens with zero attached hydrogens (tertiary/aromatic N) is 1. The molecule has 0 bridgehead atoms. The van der Waals surface area contributed by atoms with Crippen LogP contribution in [0.5, 0.6) is 5.75 Å². The molecule has 0 aromatic heterocycles. The minimum atomic E-state index is -1.23. The third kappa shape index (κ3) is 2.98. The Kier molecular flexibility index (Phi) is 3.68. The van der Waals surface area contributed by atoms with Gasteiger partial charge in [0.2, 0.25) is 0 Å². The van der Waals surface area contributed by atoms with E-state index < -0.39 is 5.97 Å². The molecule has 0 saturated heterocycles. The van der Waals surface area contributed by atoms with Crippen LogP contribution in [0.3, 0.4) is 0 Å². The highest BCUT2D eigenvalue weighted by Gasteiger charge is 2.10. The van der Waals surface area contributed by atoms with Crippen molar-refractivity contribution < 1.29 is 19.8 Å². The maximum Gasteiger partial charge on any atom is 0.354 e. The van der Waals surface area contributed by atoms with Crippen LogP contribution in [-0.2, 0) is 11.2 Å². The van der Waals surface area contributed by atoms with E-state index in [9.17, 15) is 4.79 Å². The molecule has 0 heterocycles. The minimum absolute atomic E-state index is 0.0792. The van der Waals surface area contributed by atoms with Crippen molar-refractivity contribution in [2.75, 3.05) is 7.11 Å². The maximum absolute atomic E-state index is 10.5. The van der Waals surface area contributed by atoms with Crippen molar-refractivity contribution in [2.24, 2.45) is 5.16 Å². The zero-order valence-corrected chi connectivity index (χ0v) is 8.17. The van der Waals surface area contributed by atoms with Crippen LogP contribution < -0.4 is 4.74 Å². The van der Waals surface area contributed by atoms with Crippen LogP contribution in [0, 0.1) is 0 Å². The average Bonchev–Trinajstić information content (AvgIpc) is 2.26. The molecule has 5 nitrogen and oxygen atoms in total. The van der Waals surface area contributed by atoms with Crippen molar-refractivity contribution in [2.45, 2.75) is 6.42 Å². The summed E-state index contributed by atoms with van der Waals surface area (Å²) in [6, 6.07) is 6.86. The van der Waals surface area contributed by atoms with Gasteiger partial charge in [-0.15, -0.1) is 0 Å². The standard InChI is InChI=1S/C10H11NO4/c1-15-8-4-2-7(3-5-8)6-9(11-14)10(12)13/h2-5,14H,6H2,1H3,(H,12,13)/b11-9+. The predicted octanol–water partition coefficient (Wildman–Crippen LogP) is 1.15. The van der Waals surface area contributed by atoms with E-state index in [2.05, 4.69) is 5.16 Å². The van der Waals surface area contributed by atoms with Crippen LogP contribution in [0.4, 0.5) is 0 Å². The monoisotopic (exact) mass is 209 g/mol. The van der Waals surface area contributed by atoms with Gasteiger partial charge in [-0.05, 0) is 17.7 Å². The van der Waals surface area contributed by atoms with Crippen molar-refractivity contribution in [3.05, 3.63) is 29.8 Å². The highest BCUT2D eigenvalue weighted by Crippen LogP contribution is 2.12. The Hall–Kier alpha value is -2.04. The first-order chi connectivity index (χ1) is 7.17. The molecule has 0 amide bonds. The fourth-order valence-electron chi connectivity index (χ4n) is 1.09. The number of oxime groups is 1. The summed E-state index contributed by atoms with van der Waals surface area (Å²) >= 11 is 0. The summed E-state index contributed by atoms with van der Waals surface area (Å²) < 4.78 is 4.95. The van der Waals surface area contributed by atoms with E-state index in [0.717, 1.165) is 5.56 Å². The van der Waals surface area contributed by atoms with E-state index in [1.807, 2.05) is 0 Å². The van der Waals surface area contributed by atoms with E-state index in [1.165, 1.54) is 0 Å². The highest BCUT2D eigenvalue weighted by atomic mass is 16.5. The third-order valence-corrected chi connectivity index (χ3v) is 1.90. The van der Waals surface area contributed by atoms with Crippen molar-refractivity contribution in [1.82, 2.24) is 0 Å². The molecule has 0 atom stereocenters. The van der Waals surface area contributed by atoms with E-state index in [1.54, 1.807) is 31.4 Å². The van der Waals surface area contributed by atoms with E-state index in [0.29, 0.717) is 5.75 Å². The molecule has 15 heavy (non-hydrogen) atoms. The fourth-order valence-corrected chi connectivity index (χ4v) is 1.09. The van der Waals surface area contributed by atoms with Crippen LogP contribution >= 0.6 is 0 Å². The zero-order chi connectivity index (χ0) is 11.3. The second kappa shape index (κ2) is 4.99. The zero-order valence-electron chi connectivity index (χ0n) is 8.17. The highest BCUT2D eigenvalue weighted by molar-refractivity contribution is 6.35. The van der Waals surface area contributed by atoms with Crippen molar-refractivity contribution >= 4 is 11.7 Å². The molecule has 0 fully saturated rings. The molecule has 0 aliphatic heterocycles. The molecule has 0 saturated carbocycles. The van der Waals surface area contributed by atoms with Gasteiger partial charge in [0.25, 0.3) is 0 Å². The third-order valence-electron chi connectivity index (χ3n) is 1.90. The smallest absolute Gasteiger partial charge is 0.354 e. The van der Waals surface area contributed by atoms with Crippen LogP contribution in [0.1, 0.15) is 5.56 Å². The first-order valence-electron chi connectivity index (χ1n) is 4.24. The summed E-state index contributed by atoms with van der Waals surface area (Å²) in [5, 5.41) is 19.8. The molecule has 2 N–H and O–H groups in total. The summed E-state index contributed by atoms with van der Waals surface area (Å²) in [5.41, 5.74) is 0.450. The lowest BCUT2D eigenvalue weighted by Gasteiger charge is -2.02. The molecule has 0 spiro atoms. The fraction of sp³-hybridized carbons (Fsp3) is 0.200. The molecule has 0 radical (unpaired) electrons. The molecule has 80 valence electrons. The normalized spacial score (nSPS) is 11.1. The van der Waals surface area contributed by atoms with Crippen molar-refractivity contribution in [3.63, 3.8) is 0 Å². The Morgan fingerprint density at radius 2 is 2.00 bits per heavy atom. The number of hydrogen-bond acceptors (Lipinski definition) is 4. The Morgan fingerprint density at radius 1 is 1.40 bits per heavy atom. The summed E-state index contributed by atoms with van der Waals surface area (Å²) in [6.45, 7) is 0. The number of carboxylic acid groups (broad SMARTS) is 1. The molecular weight excluding hydrogens is 198 g/mol. The number of carbonyl (C=O) groups is 1. The molecule has 0 aliphatic rings. The number of methoxy groups -OCH3 is 1. The average molecular weight is 209 g/mol.